The van der Waals surface area contributed by atoms with Crippen molar-refractivity contribution in [2.45, 2.75) is 19.9 Å². The van der Waals surface area contributed by atoms with Gasteiger partial charge in [-0.3, -0.25) is 4.79 Å². The van der Waals surface area contributed by atoms with Crippen LogP contribution in [-0.4, -0.2) is 34.9 Å². The van der Waals surface area contributed by atoms with Gasteiger partial charge in [-0.15, -0.1) is 11.3 Å². The van der Waals surface area contributed by atoms with Crippen LogP contribution in [-0.2, 0) is 9.53 Å². The molecule has 1 atom stereocenters. The van der Waals surface area contributed by atoms with Gasteiger partial charge in [0.05, 0.1) is 22.3 Å². The van der Waals surface area contributed by atoms with Crippen molar-refractivity contribution >= 4 is 45.0 Å². The number of halogens is 1. The maximum absolute atomic E-state index is 13.2. The van der Waals surface area contributed by atoms with Crippen LogP contribution in [0.3, 0.4) is 0 Å². The first kappa shape index (κ1) is 19.3. The highest BCUT2D eigenvalue weighted by Crippen LogP contribution is 2.27. The number of hydrogen-bond donors (Lipinski definition) is 0. The van der Waals surface area contributed by atoms with Gasteiger partial charge in [-0.05, 0) is 49.7 Å². The van der Waals surface area contributed by atoms with Crippen molar-refractivity contribution in [2.75, 3.05) is 13.2 Å². The number of hydrogen-bond acceptors (Lipinski definition) is 5. The van der Waals surface area contributed by atoms with Crippen LogP contribution < -0.4 is 0 Å². The van der Waals surface area contributed by atoms with E-state index in [9.17, 15) is 9.59 Å². The molecule has 0 aliphatic rings. The molecule has 1 heterocycles. The zero-order valence-electron chi connectivity index (χ0n) is 15.0. The fourth-order valence-electron chi connectivity index (χ4n) is 2.91. The van der Waals surface area contributed by atoms with Gasteiger partial charge in [0, 0.05) is 17.1 Å². The van der Waals surface area contributed by atoms with Crippen molar-refractivity contribution in [1.29, 1.82) is 0 Å². The SMILES string of the molecule is CCOC(=O)[C@H](c1ccc(Cl)cc1)N(CC)C(=O)c1ccc2ncsc2c1. The van der Waals surface area contributed by atoms with E-state index in [4.69, 9.17) is 16.3 Å². The number of aromatic nitrogens is 1. The predicted octanol–water partition coefficient (Wildman–Crippen LogP) is 4.72. The number of rotatable bonds is 6. The number of nitrogens with zero attached hydrogens (tertiary/aromatic N) is 2. The van der Waals surface area contributed by atoms with E-state index in [-0.39, 0.29) is 12.5 Å². The summed E-state index contributed by atoms with van der Waals surface area (Å²) in [6, 6.07) is 11.4. The molecule has 1 amide bonds. The summed E-state index contributed by atoms with van der Waals surface area (Å²) in [7, 11) is 0. The number of ether oxygens (including phenoxy) is 1. The standard InChI is InChI=1S/C20H19ClN2O3S/c1-3-23(19(24)14-7-10-16-17(11-14)27-12-22-16)18(20(25)26-4-2)13-5-8-15(21)9-6-13/h5-12,18H,3-4H2,1-2H3/t18-/m0/s1. The average Bonchev–Trinajstić information content (AvgIpc) is 3.14. The van der Waals surface area contributed by atoms with E-state index in [1.807, 2.05) is 19.1 Å². The third kappa shape index (κ3) is 4.12. The quantitative estimate of drug-likeness (QED) is 0.560. The number of amides is 1. The molecule has 0 unspecified atom stereocenters. The highest BCUT2D eigenvalue weighted by atomic mass is 35.5. The summed E-state index contributed by atoms with van der Waals surface area (Å²) in [6.45, 7) is 4.17. The zero-order valence-corrected chi connectivity index (χ0v) is 16.6. The lowest BCUT2D eigenvalue weighted by atomic mass is 10.0. The minimum atomic E-state index is -0.836. The molecule has 0 radical (unpaired) electrons. The van der Waals surface area contributed by atoms with Crippen LogP contribution in [0.5, 0.6) is 0 Å². The molecule has 0 saturated heterocycles. The largest absolute Gasteiger partial charge is 0.464 e. The molecule has 0 N–H and O–H groups in total. The predicted molar refractivity (Wildman–Crippen MR) is 107 cm³/mol. The second kappa shape index (κ2) is 8.50. The Morgan fingerprint density at radius 2 is 1.93 bits per heavy atom. The molecule has 3 rings (SSSR count). The van der Waals surface area contributed by atoms with E-state index in [2.05, 4.69) is 4.98 Å². The van der Waals surface area contributed by atoms with Gasteiger partial charge in [-0.2, -0.15) is 0 Å². The van der Waals surface area contributed by atoms with Gasteiger partial charge in [0.1, 0.15) is 0 Å². The first-order chi connectivity index (χ1) is 13.0. The van der Waals surface area contributed by atoms with Crippen molar-refractivity contribution in [3.8, 4) is 0 Å². The molecule has 27 heavy (non-hydrogen) atoms. The fourth-order valence-corrected chi connectivity index (χ4v) is 3.75. The minimum absolute atomic E-state index is 0.235. The topological polar surface area (TPSA) is 59.5 Å². The van der Waals surface area contributed by atoms with E-state index in [1.54, 1.807) is 42.8 Å². The lowest BCUT2D eigenvalue weighted by Crippen LogP contribution is -2.39. The molecule has 2 aromatic carbocycles. The van der Waals surface area contributed by atoms with Crippen LogP contribution in [0.2, 0.25) is 5.02 Å². The fraction of sp³-hybridized carbons (Fsp3) is 0.250. The Kier molecular flexibility index (Phi) is 6.08. The molecule has 0 bridgehead atoms. The van der Waals surface area contributed by atoms with Gasteiger partial charge in [-0.25, -0.2) is 9.78 Å². The average molecular weight is 403 g/mol. The van der Waals surface area contributed by atoms with Crippen molar-refractivity contribution in [3.63, 3.8) is 0 Å². The smallest absolute Gasteiger partial charge is 0.333 e. The third-order valence-electron chi connectivity index (χ3n) is 4.19. The monoisotopic (exact) mass is 402 g/mol. The summed E-state index contributed by atoms with van der Waals surface area (Å²) >= 11 is 7.44. The molecule has 0 aliphatic carbocycles. The van der Waals surface area contributed by atoms with E-state index in [0.29, 0.717) is 22.7 Å². The molecule has 5 nitrogen and oxygen atoms in total. The van der Waals surface area contributed by atoms with Crippen LogP contribution in [0.15, 0.2) is 48.0 Å². The van der Waals surface area contributed by atoms with Crippen molar-refractivity contribution in [1.82, 2.24) is 9.88 Å². The number of likely N-dealkylation sites (N-methyl/N-ethyl adjacent to an activating group) is 1. The van der Waals surface area contributed by atoms with Crippen molar-refractivity contribution in [2.24, 2.45) is 0 Å². The normalized spacial score (nSPS) is 12.0. The summed E-state index contributed by atoms with van der Waals surface area (Å²) in [5.41, 5.74) is 3.76. The molecule has 140 valence electrons. The summed E-state index contributed by atoms with van der Waals surface area (Å²) in [4.78, 5) is 31.6. The van der Waals surface area contributed by atoms with Crippen molar-refractivity contribution in [3.05, 3.63) is 64.1 Å². The van der Waals surface area contributed by atoms with Gasteiger partial charge < -0.3 is 9.64 Å². The molecule has 0 spiro atoms. The Bertz CT molecular complexity index is 955. The molecule has 7 heteroatoms. The summed E-state index contributed by atoms with van der Waals surface area (Å²) in [5, 5.41) is 0.561. The summed E-state index contributed by atoms with van der Waals surface area (Å²) < 4.78 is 6.17. The summed E-state index contributed by atoms with van der Waals surface area (Å²) in [5.74, 6) is -0.699. The number of benzene rings is 2. The lowest BCUT2D eigenvalue weighted by molar-refractivity contribution is -0.148. The summed E-state index contributed by atoms with van der Waals surface area (Å²) in [6.07, 6.45) is 0. The van der Waals surface area contributed by atoms with E-state index in [0.717, 1.165) is 10.2 Å². The van der Waals surface area contributed by atoms with Crippen LogP contribution in [0, 0.1) is 0 Å². The second-order valence-corrected chi connectivity index (χ2v) is 7.15. The molecule has 0 aliphatic heterocycles. The number of carbonyl (C=O) groups is 2. The zero-order chi connectivity index (χ0) is 19.4. The molecule has 3 aromatic rings. The molecule has 0 fully saturated rings. The van der Waals surface area contributed by atoms with Gasteiger partial charge in [0.15, 0.2) is 6.04 Å². The minimum Gasteiger partial charge on any atom is -0.464 e. The molecule has 1 aromatic heterocycles. The number of thiazole rings is 1. The van der Waals surface area contributed by atoms with E-state index < -0.39 is 12.0 Å². The van der Waals surface area contributed by atoms with E-state index >= 15 is 0 Å². The molecular weight excluding hydrogens is 384 g/mol. The van der Waals surface area contributed by atoms with Crippen molar-refractivity contribution < 1.29 is 14.3 Å². The second-order valence-electron chi connectivity index (χ2n) is 5.83. The van der Waals surface area contributed by atoms with Crippen LogP contribution in [0.4, 0.5) is 0 Å². The van der Waals surface area contributed by atoms with Gasteiger partial charge in [0.25, 0.3) is 5.91 Å². The Morgan fingerprint density at radius 1 is 1.19 bits per heavy atom. The number of carbonyl (C=O) groups excluding carboxylic acids is 2. The Hall–Kier alpha value is -2.44. The van der Waals surface area contributed by atoms with Gasteiger partial charge in [-0.1, -0.05) is 23.7 Å². The van der Waals surface area contributed by atoms with E-state index in [1.165, 1.54) is 16.2 Å². The van der Waals surface area contributed by atoms with Crippen LogP contribution in [0.25, 0.3) is 10.2 Å². The first-order valence-electron chi connectivity index (χ1n) is 8.61. The van der Waals surface area contributed by atoms with Gasteiger partial charge >= 0.3 is 5.97 Å². The highest BCUT2D eigenvalue weighted by Gasteiger charge is 2.32. The van der Waals surface area contributed by atoms with Crippen LogP contribution in [0.1, 0.15) is 35.8 Å². The first-order valence-corrected chi connectivity index (χ1v) is 9.87. The maximum Gasteiger partial charge on any atom is 0.333 e. The Labute approximate surface area is 166 Å². The highest BCUT2D eigenvalue weighted by molar-refractivity contribution is 7.16. The maximum atomic E-state index is 13.2. The third-order valence-corrected chi connectivity index (χ3v) is 5.23. The van der Waals surface area contributed by atoms with Crippen LogP contribution >= 0.6 is 22.9 Å². The Balaban J connectivity index is 1.99. The Morgan fingerprint density at radius 3 is 2.59 bits per heavy atom. The lowest BCUT2D eigenvalue weighted by Gasteiger charge is -2.29. The van der Waals surface area contributed by atoms with Gasteiger partial charge in [0.2, 0.25) is 0 Å². The molecular formula is C20H19ClN2O3S. The number of esters is 1. The number of fused-ring (bicyclic) bond motifs is 1. The molecule has 0 saturated carbocycles.